The Morgan fingerprint density at radius 3 is 2.76 bits per heavy atom. The summed E-state index contributed by atoms with van der Waals surface area (Å²) >= 11 is 7.45. The standard InChI is InChI=1S/C20H20ClFN8O2S/c1-11(9-29-13(3)18(30(31)32)12(2)26-29)19-24-25-20(33-19)23-17-7-8-28(27-17)10-14-15(21)5-4-6-16(14)22/h4-8,11H,9-10H2,1-3H3,(H,23,25,27). The summed E-state index contributed by atoms with van der Waals surface area (Å²) in [5, 5.41) is 33.0. The lowest BCUT2D eigenvalue weighted by molar-refractivity contribution is -0.386. The van der Waals surface area contributed by atoms with Crippen molar-refractivity contribution in [2.45, 2.75) is 39.8 Å². The smallest absolute Gasteiger partial charge is 0.312 e. The second-order valence-corrected chi connectivity index (χ2v) is 8.95. The first kappa shape index (κ1) is 22.8. The average molecular weight is 491 g/mol. The van der Waals surface area contributed by atoms with Crippen LogP contribution in [-0.4, -0.2) is 34.7 Å². The van der Waals surface area contributed by atoms with E-state index in [0.717, 1.165) is 5.01 Å². The monoisotopic (exact) mass is 490 g/mol. The summed E-state index contributed by atoms with van der Waals surface area (Å²) in [4.78, 5) is 10.8. The third-order valence-electron chi connectivity index (χ3n) is 5.09. The van der Waals surface area contributed by atoms with Crippen molar-refractivity contribution in [2.75, 3.05) is 5.32 Å². The van der Waals surface area contributed by atoms with Gasteiger partial charge >= 0.3 is 5.69 Å². The molecule has 1 atom stereocenters. The van der Waals surface area contributed by atoms with E-state index in [9.17, 15) is 14.5 Å². The molecule has 33 heavy (non-hydrogen) atoms. The molecular formula is C20H20ClFN8O2S. The van der Waals surface area contributed by atoms with Gasteiger partial charge in [0.2, 0.25) is 5.13 Å². The molecule has 4 aromatic rings. The van der Waals surface area contributed by atoms with Gasteiger partial charge in [-0.3, -0.25) is 19.5 Å². The van der Waals surface area contributed by atoms with E-state index >= 15 is 0 Å². The van der Waals surface area contributed by atoms with Crippen molar-refractivity contribution in [3.63, 3.8) is 0 Å². The Labute approximate surface area is 197 Å². The molecule has 13 heteroatoms. The first-order valence-corrected chi connectivity index (χ1v) is 11.2. The Morgan fingerprint density at radius 1 is 1.27 bits per heavy atom. The molecule has 0 saturated heterocycles. The van der Waals surface area contributed by atoms with Gasteiger partial charge in [0.05, 0.1) is 18.0 Å². The lowest BCUT2D eigenvalue weighted by Crippen LogP contribution is -2.09. The van der Waals surface area contributed by atoms with Crippen LogP contribution in [0.2, 0.25) is 5.02 Å². The van der Waals surface area contributed by atoms with Gasteiger partial charge < -0.3 is 5.32 Å². The number of nitrogens with one attached hydrogen (secondary N) is 1. The average Bonchev–Trinajstić information content (AvgIpc) is 3.45. The number of hydrogen-bond acceptors (Lipinski definition) is 8. The normalized spacial score (nSPS) is 12.2. The minimum atomic E-state index is -0.412. The Hall–Kier alpha value is -3.38. The van der Waals surface area contributed by atoms with Gasteiger partial charge in [-0.25, -0.2) is 4.39 Å². The van der Waals surface area contributed by atoms with Crippen LogP contribution in [-0.2, 0) is 13.1 Å². The number of hydrogen-bond donors (Lipinski definition) is 1. The molecule has 1 unspecified atom stereocenters. The van der Waals surface area contributed by atoms with E-state index in [0.29, 0.717) is 39.5 Å². The van der Waals surface area contributed by atoms with Crippen LogP contribution >= 0.6 is 22.9 Å². The van der Waals surface area contributed by atoms with Crippen molar-refractivity contribution in [3.8, 4) is 0 Å². The van der Waals surface area contributed by atoms with Crippen LogP contribution in [0.25, 0.3) is 0 Å². The second-order valence-electron chi connectivity index (χ2n) is 7.53. The van der Waals surface area contributed by atoms with Crippen molar-refractivity contribution < 1.29 is 9.31 Å². The Balaban J connectivity index is 1.42. The quantitative estimate of drug-likeness (QED) is 0.277. The molecule has 3 aromatic heterocycles. The van der Waals surface area contributed by atoms with E-state index in [1.165, 1.54) is 17.4 Å². The van der Waals surface area contributed by atoms with Crippen LogP contribution in [0.15, 0.2) is 30.5 Å². The molecule has 3 heterocycles. The van der Waals surface area contributed by atoms with E-state index < -0.39 is 4.92 Å². The zero-order valence-corrected chi connectivity index (χ0v) is 19.6. The fraction of sp³-hybridized carbons (Fsp3) is 0.300. The molecule has 0 fully saturated rings. The van der Waals surface area contributed by atoms with Crippen LogP contribution in [0.1, 0.15) is 34.8 Å². The number of rotatable bonds is 8. The SMILES string of the molecule is Cc1nn(CC(C)c2nnc(Nc3ccn(Cc4c(F)cccc4Cl)n3)s2)c(C)c1[N+](=O)[O-]. The van der Waals surface area contributed by atoms with Gasteiger partial charge in [-0.2, -0.15) is 10.2 Å². The predicted octanol–water partition coefficient (Wildman–Crippen LogP) is 4.84. The molecule has 1 aromatic carbocycles. The number of anilines is 2. The highest BCUT2D eigenvalue weighted by Gasteiger charge is 2.23. The second kappa shape index (κ2) is 9.24. The molecule has 1 N–H and O–H groups in total. The van der Waals surface area contributed by atoms with Gasteiger partial charge in [0.25, 0.3) is 0 Å². The summed E-state index contributed by atoms with van der Waals surface area (Å²) in [5.74, 6) is 0.0894. The van der Waals surface area contributed by atoms with Crippen molar-refractivity contribution >= 4 is 39.6 Å². The minimum absolute atomic E-state index is 0.0362. The largest absolute Gasteiger partial charge is 0.313 e. The number of aryl methyl sites for hydroxylation is 1. The third kappa shape index (κ3) is 4.86. The summed E-state index contributed by atoms with van der Waals surface area (Å²) in [6.45, 7) is 5.90. The molecule has 0 bridgehead atoms. The first-order chi connectivity index (χ1) is 15.7. The van der Waals surface area contributed by atoms with Gasteiger partial charge in [-0.05, 0) is 26.0 Å². The highest BCUT2D eigenvalue weighted by Crippen LogP contribution is 2.29. The number of benzene rings is 1. The maximum absolute atomic E-state index is 14.0. The Morgan fingerprint density at radius 2 is 2.06 bits per heavy atom. The van der Waals surface area contributed by atoms with Gasteiger partial charge in [-0.15, -0.1) is 10.2 Å². The van der Waals surface area contributed by atoms with E-state index in [-0.39, 0.29) is 24.0 Å². The van der Waals surface area contributed by atoms with E-state index in [4.69, 9.17) is 11.6 Å². The fourth-order valence-electron chi connectivity index (χ4n) is 3.42. The van der Waals surface area contributed by atoms with Crippen LogP contribution in [0.4, 0.5) is 21.0 Å². The predicted molar refractivity (Wildman–Crippen MR) is 123 cm³/mol. The lowest BCUT2D eigenvalue weighted by atomic mass is 10.2. The first-order valence-electron chi connectivity index (χ1n) is 9.98. The maximum atomic E-state index is 14.0. The van der Waals surface area contributed by atoms with Crippen molar-refractivity contribution in [2.24, 2.45) is 0 Å². The third-order valence-corrected chi connectivity index (χ3v) is 6.52. The lowest BCUT2D eigenvalue weighted by Gasteiger charge is -2.08. The molecule has 0 aliphatic rings. The molecule has 0 amide bonds. The highest BCUT2D eigenvalue weighted by molar-refractivity contribution is 7.15. The minimum Gasteiger partial charge on any atom is -0.313 e. The van der Waals surface area contributed by atoms with Crippen molar-refractivity contribution in [3.05, 3.63) is 73.4 Å². The van der Waals surface area contributed by atoms with E-state index in [1.54, 1.807) is 47.6 Å². The zero-order valence-electron chi connectivity index (χ0n) is 18.0. The van der Waals surface area contributed by atoms with E-state index in [1.807, 2.05) is 6.92 Å². The molecular weight excluding hydrogens is 471 g/mol. The number of nitrogens with zero attached hydrogens (tertiary/aromatic N) is 7. The Bertz CT molecular complexity index is 1300. The van der Waals surface area contributed by atoms with Gasteiger partial charge in [0.15, 0.2) is 5.82 Å². The molecule has 4 rings (SSSR count). The molecule has 0 aliphatic heterocycles. The molecule has 172 valence electrons. The van der Waals surface area contributed by atoms with Crippen molar-refractivity contribution in [1.82, 2.24) is 29.8 Å². The van der Waals surface area contributed by atoms with Crippen LogP contribution in [0.3, 0.4) is 0 Å². The van der Waals surface area contributed by atoms with Gasteiger partial charge in [-0.1, -0.05) is 35.9 Å². The van der Waals surface area contributed by atoms with Crippen molar-refractivity contribution in [1.29, 1.82) is 0 Å². The van der Waals surface area contributed by atoms with Crippen LogP contribution < -0.4 is 5.32 Å². The fourth-order valence-corrected chi connectivity index (χ4v) is 4.44. The molecule has 0 saturated carbocycles. The maximum Gasteiger partial charge on any atom is 0.312 e. The van der Waals surface area contributed by atoms with Gasteiger partial charge in [0.1, 0.15) is 22.2 Å². The number of nitro groups is 1. The summed E-state index contributed by atoms with van der Waals surface area (Å²) in [7, 11) is 0. The Kier molecular flexibility index (Phi) is 6.38. The molecule has 0 aliphatic carbocycles. The summed E-state index contributed by atoms with van der Waals surface area (Å²) in [6, 6.07) is 6.30. The molecule has 10 nitrogen and oxygen atoms in total. The number of aromatic nitrogens is 6. The summed E-state index contributed by atoms with van der Waals surface area (Å²) < 4.78 is 17.2. The summed E-state index contributed by atoms with van der Waals surface area (Å²) in [6.07, 6.45) is 1.71. The van der Waals surface area contributed by atoms with E-state index in [2.05, 4.69) is 25.7 Å². The van der Waals surface area contributed by atoms with Crippen LogP contribution in [0, 0.1) is 29.8 Å². The topological polar surface area (TPSA) is 117 Å². The van der Waals surface area contributed by atoms with Crippen LogP contribution in [0.5, 0.6) is 0 Å². The highest BCUT2D eigenvalue weighted by atomic mass is 35.5. The molecule has 0 spiro atoms. The summed E-state index contributed by atoms with van der Waals surface area (Å²) in [5.41, 5.74) is 1.29. The number of halogens is 2. The molecule has 0 radical (unpaired) electrons. The van der Waals surface area contributed by atoms with Gasteiger partial charge in [0, 0.05) is 28.8 Å². The zero-order chi connectivity index (χ0) is 23.7.